The Kier molecular flexibility index (Phi) is 17.7. The molecule has 12 nitrogen and oxygen atoms in total. The lowest BCUT2D eigenvalue weighted by atomic mass is 9.82. The first-order chi connectivity index (χ1) is 27.1. The minimum absolute atomic E-state index is 0.0723. The number of carbonyl (C=O) groups is 4. The molecule has 3 heterocycles. The lowest BCUT2D eigenvalue weighted by Crippen LogP contribution is -2.64. The quantitative estimate of drug-likeness (QED) is 0.175. The zero-order chi connectivity index (χ0) is 42.0. The maximum absolute atomic E-state index is 14.3. The van der Waals surface area contributed by atoms with E-state index in [-0.39, 0.29) is 54.9 Å². The number of methoxy groups -OCH3 is 3. The van der Waals surface area contributed by atoms with Crippen LogP contribution in [0.25, 0.3) is 0 Å². The van der Waals surface area contributed by atoms with Gasteiger partial charge in [0.1, 0.15) is 24.0 Å². The van der Waals surface area contributed by atoms with Gasteiger partial charge >= 0.3 is 5.97 Å². The number of esters is 1. The monoisotopic (exact) mass is 802 g/mol. The number of aliphatic hydroxyl groups is 2. The summed E-state index contributed by atoms with van der Waals surface area (Å²) in [7, 11) is 4.70. The fourth-order valence-corrected chi connectivity index (χ4v) is 9.53. The second-order valence-corrected chi connectivity index (χ2v) is 17.4. The fourth-order valence-electron chi connectivity index (χ4n) is 9.53. The Hall–Kier alpha value is -2.74. The van der Waals surface area contributed by atoms with Crippen molar-refractivity contribution in [1.82, 2.24) is 4.90 Å². The predicted octanol–water partition coefficient (Wildman–Crippen LogP) is 6.06. The molecule has 57 heavy (non-hydrogen) atoms. The van der Waals surface area contributed by atoms with E-state index < -0.39 is 65.9 Å². The number of carbonyl (C=O) groups excluding carboxylic acids is 4. The van der Waals surface area contributed by atoms with Gasteiger partial charge in [-0.05, 0) is 115 Å². The second-order valence-electron chi connectivity index (χ2n) is 17.4. The first kappa shape index (κ1) is 46.9. The number of fused-ring (bicyclic) bond motifs is 3. The topological polar surface area (TPSA) is 158 Å². The van der Waals surface area contributed by atoms with Gasteiger partial charge in [-0.1, -0.05) is 50.6 Å². The van der Waals surface area contributed by atoms with Crippen LogP contribution in [0.15, 0.2) is 35.5 Å². The fraction of sp³-hybridized carbons (Fsp3) is 0.778. The molecule has 12 heteroatoms. The molecule has 1 amide bonds. The molecule has 3 fully saturated rings. The molecule has 0 radical (unpaired) electrons. The largest absolute Gasteiger partial charge is 0.456 e. The molecule has 0 aromatic heterocycles. The normalized spacial score (nSPS) is 39.0. The van der Waals surface area contributed by atoms with Crippen LogP contribution < -0.4 is 0 Å². The van der Waals surface area contributed by atoms with Crippen LogP contribution in [0.4, 0.5) is 0 Å². The molecule has 13 atom stereocenters. The maximum atomic E-state index is 14.3. The van der Waals surface area contributed by atoms with Crippen molar-refractivity contribution in [2.75, 3.05) is 27.9 Å². The van der Waals surface area contributed by atoms with Crippen molar-refractivity contribution >= 4 is 23.4 Å². The van der Waals surface area contributed by atoms with E-state index in [4.69, 9.17) is 23.7 Å². The highest BCUT2D eigenvalue weighted by Gasteiger charge is 2.56. The molecule has 0 spiro atoms. The third-order valence-corrected chi connectivity index (χ3v) is 12.9. The minimum atomic E-state index is -2.47. The third-order valence-electron chi connectivity index (χ3n) is 12.9. The highest BCUT2D eigenvalue weighted by molar-refractivity contribution is 6.39. The van der Waals surface area contributed by atoms with Gasteiger partial charge in [0, 0.05) is 46.1 Å². The van der Waals surface area contributed by atoms with Crippen molar-refractivity contribution < 1.29 is 53.1 Å². The Labute approximate surface area is 340 Å². The van der Waals surface area contributed by atoms with Gasteiger partial charge in [0.2, 0.25) is 5.79 Å². The van der Waals surface area contributed by atoms with Crippen molar-refractivity contribution in [3.63, 3.8) is 0 Å². The first-order valence-corrected chi connectivity index (χ1v) is 21.3. The number of cyclic esters (lactones) is 1. The number of rotatable bonds is 7. The van der Waals surface area contributed by atoms with Gasteiger partial charge in [-0.2, -0.15) is 0 Å². The van der Waals surface area contributed by atoms with Gasteiger partial charge in [0.05, 0.1) is 24.4 Å². The number of hydrogen-bond acceptors (Lipinski definition) is 11. The zero-order valence-electron chi connectivity index (χ0n) is 35.9. The Balaban J connectivity index is 1.76. The van der Waals surface area contributed by atoms with Crippen molar-refractivity contribution in [3.05, 3.63) is 35.5 Å². The van der Waals surface area contributed by atoms with Crippen LogP contribution in [0.1, 0.15) is 119 Å². The molecule has 0 aromatic carbocycles. The molecule has 13 unspecified atom stereocenters. The van der Waals surface area contributed by atoms with Crippen LogP contribution in [0, 0.1) is 29.6 Å². The number of allylic oxidation sites excluding steroid dienone is 5. The van der Waals surface area contributed by atoms with Crippen LogP contribution in [0.3, 0.4) is 0 Å². The molecule has 2 N–H and O–H groups in total. The number of ketones is 2. The predicted molar refractivity (Wildman–Crippen MR) is 216 cm³/mol. The van der Waals surface area contributed by atoms with Crippen LogP contribution in [0.5, 0.6) is 0 Å². The highest BCUT2D eigenvalue weighted by Crippen LogP contribution is 2.39. The van der Waals surface area contributed by atoms with Gasteiger partial charge in [0.25, 0.3) is 11.7 Å². The summed E-state index contributed by atoms with van der Waals surface area (Å²) in [5.74, 6) is -6.33. The van der Waals surface area contributed by atoms with Gasteiger partial charge < -0.3 is 38.8 Å². The van der Waals surface area contributed by atoms with E-state index in [1.54, 1.807) is 28.3 Å². The summed E-state index contributed by atoms with van der Waals surface area (Å²) >= 11 is 0. The summed E-state index contributed by atoms with van der Waals surface area (Å²) in [4.78, 5) is 58.0. The smallest absolute Gasteiger partial charge is 0.329 e. The van der Waals surface area contributed by atoms with E-state index in [9.17, 15) is 29.4 Å². The number of piperidine rings is 1. The highest BCUT2D eigenvalue weighted by atomic mass is 16.7. The summed E-state index contributed by atoms with van der Waals surface area (Å²) in [6, 6.07) is -1.05. The Morgan fingerprint density at radius 1 is 0.947 bits per heavy atom. The van der Waals surface area contributed by atoms with Crippen molar-refractivity contribution in [1.29, 1.82) is 0 Å². The lowest BCUT2D eigenvalue weighted by molar-refractivity contribution is -0.302. The van der Waals surface area contributed by atoms with Crippen molar-refractivity contribution in [2.45, 2.75) is 167 Å². The molecule has 2 bridgehead atoms. The maximum Gasteiger partial charge on any atom is 0.329 e. The Morgan fingerprint density at radius 3 is 2.30 bits per heavy atom. The second kappa shape index (κ2) is 21.5. The van der Waals surface area contributed by atoms with E-state index in [1.807, 2.05) is 39.8 Å². The summed E-state index contributed by atoms with van der Waals surface area (Å²) < 4.78 is 30.0. The number of Topliss-reactive ketones (excluding diaryl/α,β-unsaturated/α-hetero) is 2. The van der Waals surface area contributed by atoms with E-state index >= 15 is 0 Å². The summed E-state index contributed by atoms with van der Waals surface area (Å²) in [5.41, 5.74) is 1.88. The van der Waals surface area contributed by atoms with Crippen molar-refractivity contribution in [3.8, 4) is 0 Å². The Bertz CT molecular complexity index is 1470. The Morgan fingerprint density at radius 2 is 1.63 bits per heavy atom. The molecule has 1 saturated carbocycles. The minimum Gasteiger partial charge on any atom is -0.456 e. The standard InChI is InChI=1S/C45H71NO11/c1-10-11-14-33-22-27(2)21-28(3)23-38(54-8)41-39(55-9)25-31(6)45(52,57-41)42(49)43(50)46-20-13-12-15-34(46)44(51)56-40(29(4)16-18-35(33)47)30(5)24-32-17-19-36(48)37(26-32)53-7/h10-11,22,24,28-29,31-34,36-41,48,52H,12-21,23,25-26H2,1-9H3. The first-order valence-electron chi connectivity index (χ1n) is 21.3. The van der Waals surface area contributed by atoms with Gasteiger partial charge in [-0.3, -0.25) is 14.4 Å². The van der Waals surface area contributed by atoms with Crippen LogP contribution in [0.2, 0.25) is 0 Å². The van der Waals surface area contributed by atoms with E-state index in [1.165, 1.54) is 4.90 Å². The summed E-state index contributed by atoms with van der Waals surface area (Å²) in [6.45, 7) is 11.8. The third kappa shape index (κ3) is 11.7. The van der Waals surface area contributed by atoms with Crippen LogP contribution >= 0.6 is 0 Å². The lowest BCUT2D eigenvalue weighted by Gasteiger charge is -2.47. The van der Waals surface area contributed by atoms with E-state index in [0.717, 1.165) is 17.6 Å². The molecule has 0 aromatic rings. The van der Waals surface area contributed by atoms with Gasteiger partial charge in [-0.15, -0.1) is 0 Å². The van der Waals surface area contributed by atoms with Gasteiger partial charge in [0.15, 0.2) is 0 Å². The van der Waals surface area contributed by atoms with E-state index in [0.29, 0.717) is 57.8 Å². The number of nitrogens with zero attached hydrogens (tertiary/aromatic N) is 1. The van der Waals surface area contributed by atoms with Crippen LogP contribution in [-0.4, -0.2) is 115 Å². The number of hydrogen-bond donors (Lipinski definition) is 2. The zero-order valence-corrected chi connectivity index (χ0v) is 35.9. The average molecular weight is 802 g/mol. The molecule has 3 aliphatic heterocycles. The molecule has 4 rings (SSSR count). The average Bonchev–Trinajstić information content (AvgIpc) is 3.19. The number of aliphatic hydroxyl groups excluding tert-OH is 1. The molecule has 4 aliphatic rings. The summed E-state index contributed by atoms with van der Waals surface area (Å²) in [5, 5.41) is 22.5. The summed E-state index contributed by atoms with van der Waals surface area (Å²) in [6.07, 6.45) is 10.8. The molecular formula is C45H71NO11. The number of amides is 1. The van der Waals surface area contributed by atoms with E-state index in [2.05, 4.69) is 19.1 Å². The number of ether oxygens (including phenoxy) is 5. The molecule has 2 saturated heterocycles. The van der Waals surface area contributed by atoms with Gasteiger partial charge in [-0.25, -0.2) is 4.79 Å². The SMILES string of the molecule is CC=CCC1C=C(C)CC(C)CC(OC)C2OC(O)(C(=O)C(=O)N3CCCCC3C(=O)OC(C(C)=CC3CCC(O)C(OC)C3)C(C)CCC1=O)C(C)CC2OC. The van der Waals surface area contributed by atoms with Crippen LogP contribution in [-0.2, 0) is 42.9 Å². The molecular weight excluding hydrogens is 730 g/mol. The molecule has 322 valence electrons. The van der Waals surface area contributed by atoms with Crippen molar-refractivity contribution in [2.24, 2.45) is 29.6 Å². The molecule has 1 aliphatic carbocycles.